The average molecular weight is 396 g/mol. The van der Waals surface area contributed by atoms with Gasteiger partial charge in [-0.2, -0.15) is 0 Å². The van der Waals surface area contributed by atoms with Crippen LogP contribution in [0.15, 0.2) is 30.3 Å². The van der Waals surface area contributed by atoms with Gasteiger partial charge in [-0.25, -0.2) is 0 Å². The lowest BCUT2D eigenvalue weighted by atomic mass is 9.81. The minimum atomic E-state index is -0.606. The molecule has 1 N–H and O–H groups in total. The number of aliphatic hydroxyl groups is 1. The molecule has 0 saturated carbocycles. The Balaban J connectivity index is 0.00000210. The van der Waals surface area contributed by atoms with Gasteiger partial charge >= 0.3 is 5.97 Å². The number of carbonyl (C=O) groups is 1. The summed E-state index contributed by atoms with van der Waals surface area (Å²) in [6.07, 6.45) is 5.59. The highest BCUT2D eigenvalue weighted by Crippen LogP contribution is 2.56. The predicted octanol–water partition coefficient (Wildman–Crippen LogP) is 2.90. The van der Waals surface area contributed by atoms with Gasteiger partial charge in [0, 0.05) is 18.9 Å². The molecule has 1 aromatic carbocycles. The zero-order valence-electron chi connectivity index (χ0n) is 16.0. The van der Waals surface area contributed by atoms with Crippen molar-refractivity contribution in [3.05, 3.63) is 35.9 Å². The van der Waals surface area contributed by atoms with Crippen molar-refractivity contribution < 1.29 is 19.4 Å². The Morgan fingerprint density at radius 2 is 2.15 bits per heavy atom. The fourth-order valence-electron chi connectivity index (χ4n) is 5.14. The fraction of sp³-hybridized carbons (Fsp3) is 0.667. The molecule has 1 aromatic rings. The number of fused-ring (bicyclic) bond motifs is 5. The Hall–Kier alpha value is -1.14. The van der Waals surface area contributed by atoms with Crippen molar-refractivity contribution in [1.82, 2.24) is 4.90 Å². The second kappa shape index (κ2) is 8.08. The lowest BCUT2D eigenvalue weighted by molar-refractivity contribution is -0.160. The second-order valence-corrected chi connectivity index (χ2v) is 8.05. The molecule has 6 unspecified atom stereocenters. The maximum Gasteiger partial charge on any atom is 0.316 e. The van der Waals surface area contributed by atoms with Gasteiger partial charge < -0.3 is 14.6 Å². The van der Waals surface area contributed by atoms with Crippen molar-refractivity contribution in [3.63, 3.8) is 0 Å². The molecule has 3 heterocycles. The number of epoxide rings is 1. The highest BCUT2D eigenvalue weighted by molar-refractivity contribution is 5.85. The van der Waals surface area contributed by atoms with Gasteiger partial charge in [0.15, 0.2) is 0 Å². The Bertz CT molecular complexity index is 657. The largest absolute Gasteiger partial charge is 0.462 e. The number of piperidine rings is 1. The highest BCUT2D eigenvalue weighted by Gasteiger charge is 2.70. The van der Waals surface area contributed by atoms with E-state index < -0.39 is 5.92 Å². The number of unbranched alkanes of at least 4 members (excludes halogenated alkanes) is 1. The summed E-state index contributed by atoms with van der Waals surface area (Å²) < 4.78 is 11.9. The molecular formula is C21H30ClNO4. The smallest absolute Gasteiger partial charge is 0.316 e. The lowest BCUT2D eigenvalue weighted by Gasteiger charge is -2.47. The molecule has 0 aromatic heterocycles. The molecule has 3 fully saturated rings. The number of benzene rings is 1. The van der Waals surface area contributed by atoms with Crippen molar-refractivity contribution in [2.24, 2.45) is 0 Å². The maximum absolute atomic E-state index is 12.7. The van der Waals surface area contributed by atoms with Gasteiger partial charge in [-0.15, -0.1) is 12.4 Å². The number of aliphatic hydroxyl groups excluding tert-OH is 1. The third-order valence-electron chi connectivity index (χ3n) is 6.63. The summed E-state index contributed by atoms with van der Waals surface area (Å²) in [6.45, 7) is 1.98. The molecule has 3 saturated heterocycles. The number of likely N-dealkylation sites (N-methyl/N-ethyl adjacent to an activating group) is 1. The molecule has 5 nitrogen and oxygen atoms in total. The Labute approximate surface area is 167 Å². The maximum atomic E-state index is 12.7. The van der Waals surface area contributed by atoms with E-state index in [1.165, 1.54) is 0 Å². The first-order chi connectivity index (χ1) is 12.6. The van der Waals surface area contributed by atoms with Crippen molar-refractivity contribution in [2.45, 2.75) is 74.8 Å². The number of esters is 1. The van der Waals surface area contributed by atoms with Gasteiger partial charge in [0.25, 0.3) is 0 Å². The van der Waals surface area contributed by atoms with Crippen molar-refractivity contribution in [3.8, 4) is 0 Å². The van der Waals surface area contributed by atoms with Crippen molar-refractivity contribution in [1.29, 1.82) is 0 Å². The summed E-state index contributed by atoms with van der Waals surface area (Å²) in [7, 11) is 2.20. The van der Waals surface area contributed by atoms with E-state index in [0.29, 0.717) is 18.2 Å². The fourth-order valence-corrected chi connectivity index (χ4v) is 5.14. The van der Waals surface area contributed by atoms with E-state index in [1.54, 1.807) is 0 Å². The molecular weight excluding hydrogens is 366 g/mol. The standard InChI is InChI=1S/C21H29NO4.ClH/c1-3-4-10-21-12-15(11-17(22(21)2)18-19(21)26-18)25-20(24)16(13-23)14-8-6-5-7-9-14;/h5-9,15-19,23H,3-4,10-13H2,1-2H3;1H. The Morgan fingerprint density at radius 3 is 2.81 bits per heavy atom. The topological polar surface area (TPSA) is 62.3 Å². The number of hydrogen-bond acceptors (Lipinski definition) is 5. The molecule has 3 aliphatic heterocycles. The third kappa shape index (κ3) is 3.51. The summed E-state index contributed by atoms with van der Waals surface area (Å²) in [5, 5.41) is 9.72. The van der Waals surface area contributed by atoms with Gasteiger partial charge in [-0.3, -0.25) is 9.69 Å². The minimum Gasteiger partial charge on any atom is -0.462 e. The molecule has 3 aliphatic rings. The van der Waals surface area contributed by atoms with Crippen LogP contribution in [0.2, 0.25) is 0 Å². The quantitative estimate of drug-likeness (QED) is 0.568. The normalized spacial score (nSPS) is 35.1. The second-order valence-electron chi connectivity index (χ2n) is 8.05. The van der Waals surface area contributed by atoms with Crippen LogP contribution in [0.4, 0.5) is 0 Å². The molecule has 0 spiro atoms. The Kier molecular flexibility index (Phi) is 6.16. The number of hydrogen-bond donors (Lipinski definition) is 1. The first-order valence-electron chi connectivity index (χ1n) is 9.85. The number of ether oxygens (including phenoxy) is 2. The van der Waals surface area contributed by atoms with E-state index in [-0.39, 0.29) is 36.6 Å². The van der Waals surface area contributed by atoms with Crippen LogP contribution in [0, 0.1) is 0 Å². The van der Waals surface area contributed by atoms with Crippen LogP contribution in [-0.4, -0.2) is 59.5 Å². The van der Waals surface area contributed by atoms with Gasteiger partial charge in [-0.1, -0.05) is 50.1 Å². The molecule has 2 bridgehead atoms. The van der Waals surface area contributed by atoms with Crippen LogP contribution in [0.5, 0.6) is 0 Å². The molecule has 0 radical (unpaired) electrons. The van der Waals surface area contributed by atoms with Crippen molar-refractivity contribution in [2.75, 3.05) is 13.7 Å². The summed E-state index contributed by atoms with van der Waals surface area (Å²) in [5.41, 5.74) is 0.818. The van der Waals surface area contributed by atoms with E-state index in [4.69, 9.17) is 9.47 Å². The van der Waals surface area contributed by atoms with E-state index in [0.717, 1.165) is 37.7 Å². The summed E-state index contributed by atoms with van der Waals surface area (Å²) >= 11 is 0. The molecule has 150 valence electrons. The van der Waals surface area contributed by atoms with Crippen LogP contribution in [-0.2, 0) is 14.3 Å². The monoisotopic (exact) mass is 395 g/mol. The van der Waals surface area contributed by atoms with Crippen molar-refractivity contribution >= 4 is 18.4 Å². The number of rotatable bonds is 7. The molecule has 4 rings (SSSR count). The third-order valence-corrected chi connectivity index (χ3v) is 6.63. The summed E-state index contributed by atoms with van der Waals surface area (Å²) in [4.78, 5) is 15.2. The van der Waals surface area contributed by atoms with Gasteiger partial charge in [0.05, 0.1) is 12.1 Å². The molecule has 0 amide bonds. The molecule has 6 atom stereocenters. The number of halogens is 1. The first kappa shape index (κ1) is 20.6. The van der Waals surface area contributed by atoms with Crippen LogP contribution in [0.25, 0.3) is 0 Å². The predicted molar refractivity (Wildman–Crippen MR) is 105 cm³/mol. The lowest BCUT2D eigenvalue weighted by Crippen LogP contribution is -2.57. The van der Waals surface area contributed by atoms with Gasteiger partial charge in [0.1, 0.15) is 24.2 Å². The zero-order valence-corrected chi connectivity index (χ0v) is 16.9. The van der Waals surface area contributed by atoms with E-state index in [9.17, 15) is 9.90 Å². The average Bonchev–Trinajstić information content (AvgIpc) is 3.42. The molecule has 0 aliphatic carbocycles. The van der Waals surface area contributed by atoms with Crippen LogP contribution >= 0.6 is 12.4 Å². The number of morpholine rings is 1. The Morgan fingerprint density at radius 1 is 1.41 bits per heavy atom. The summed E-state index contributed by atoms with van der Waals surface area (Å²) in [5.74, 6) is -0.918. The van der Waals surface area contributed by atoms with Crippen LogP contribution in [0.3, 0.4) is 0 Å². The first-order valence-corrected chi connectivity index (χ1v) is 9.85. The van der Waals surface area contributed by atoms with Gasteiger partial charge in [-0.05, 0) is 19.0 Å². The molecule has 27 heavy (non-hydrogen) atoms. The minimum absolute atomic E-state index is 0. The van der Waals surface area contributed by atoms with Crippen LogP contribution < -0.4 is 0 Å². The zero-order chi connectivity index (χ0) is 18.3. The van der Waals surface area contributed by atoms with E-state index in [2.05, 4.69) is 18.9 Å². The number of carbonyl (C=O) groups excluding carboxylic acids is 1. The SMILES string of the molecule is CCCCC12CC(OC(=O)C(CO)c3ccccc3)CC(C3OC31)N2C.Cl. The van der Waals surface area contributed by atoms with Crippen LogP contribution in [0.1, 0.15) is 50.5 Å². The van der Waals surface area contributed by atoms with E-state index in [1.807, 2.05) is 30.3 Å². The number of nitrogens with zero attached hydrogens (tertiary/aromatic N) is 1. The van der Waals surface area contributed by atoms with E-state index >= 15 is 0 Å². The highest BCUT2D eigenvalue weighted by atomic mass is 35.5. The summed E-state index contributed by atoms with van der Waals surface area (Å²) in [6, 6.07) is 9.74. The van der Waals surface area contributed by atoms with Gasteiger partial charge in [0.2, 0.25) is 0 Å². The molecule has 6 heteroatoms.